The highest BCUT2D eigenvalue weighted by atomic mass is 32.2. The topological polar surface area (TPSA) is 117 Å². The molecular weight excluding hydrogens is 595 g/mol. The molecule has 2 aliphatic heterocycles. The second-order valence-electron chi connectivity index (χ2n) is 12.2. The maximum absolute atomic E-state index is 15.7. The summed E-state index contributed by atoms with van der Waals surface area (Å²) >= 11 is 0. The van der Waals surface area contributed by atoms with Gasteiger partial charge in [-0.15, -0.1) is 0 Å². The molecular formula is C33H37FN6O4S. The second kappa shape index (κ2) is 11.7. The first-order chi connectivity index (χ1) is 21.4. The van der Waals surface area contributed by atoms with Crippen LogP contribution >= 0.6 is 0 Å². The van der Waals surface area contributed by atoms with E-state index in [-0.39, 0.29) is 41.7 Å². The Morgan fingerprint density at radius 2 is 1.80 bits per heavy atom. The number of carbonyl (C=O) groups excluding carboxylic acids is 1. The minimum absolute atomic E-state index is 0.0102. The number of anilines is 2. The summed E-state index contributed by atoms with van der Waals surface area (Å²) in [5.74, 6) is -0.466. The molecule has 1 fully saturated rings. The Morgan fingerprint density at radius 3 is 2.49 bits per heavy atom. The number of likely N-dealkylation sites (N-methyl/N-ethyl adjacent to an activating group) is 1. The van der Waals surface area contributed by atoms with Gasteiger partial charge in [0.15, 0.2) is 0 Å². The van der Waals surface area contributed by atoms with Gasteiger partial charge >= 0.3 is 0 Å². The van der Waals surface area contributed by atoms with E-state index < -0.39 is 21.3 Å². The first-order valence-corrected chi connectivity index (χ1v) is 16.8. The highest BCUT2D eigenvalue weighted by Gasteiger charge is 2.59. The Kier molecular flexibility index (Phi) is 8.00. The highest BCUT2D eigenvalue weighted by Crippen LogP contribution is 2.51. The molecule has 0 radical (unpaired) electrons. The number of carbonyl (C=O) groups is 1. The molecule has 0 saturated carbocycles. The van der Waals surface area contributed by atoms with Gasteiger partial charge in [0.1, 0.15) is 23.5 Å². The standard InChI is InChI=1S/C33H37FN6O4S/c1-20(2)35-11-12-44-31-28(38-45(5,42)43)13-23(16-37-31)24-14-25-27(15-26(24)34)36-17-29-30(25)33(32(41)39(29)4)18-40(19-33)21(3)22-9-7-6-8-10-22/h6-10,13-17,20-21,35,38H,11-12,18-19H2,1-5H3. The number of benzene rings is 2. The number of hydrogen-bond donors (Lipinski definition) is 2. The van der Waals surface area contributed by atoms with Crippen molar-refractivity contribution in [3.05, 3.63) is 77.9 Å². The Hall–Kier alpha value is -4.13. The summed E-state index contributed by atoms with van der Waals surface area (Å²) in [5, 5.41) is 3.90. The number of halogens is 1. The quantitative estimate of drug-likeness (QED) is 0.246. The van der Waals surface area contributed by atoms with Gasteiger partial charge in [0.25, 0.3) is 0 Å². The zero-order chi connectivity index (χ0) is 32.1. The Bertz CT molecular complexity index is 1880. The van der Waals surface area contributed by atoms with Gasteiger partial charge in [-0.05, 0) is 24.6 Å². The van der Waals surface area contributed by atoms with Crippen molar-refractivity contribution in [2.45, 2.75) is 38.3 Å². The van der Waals surface area contributed by atoms with Crippen LogP contribution in [-0.2, 0) is 20.2 Å². The number of rotatable bonds is 10. The van der Waals surface area contributed by atoms with Crippen LogP contribution in [-0.4, -0.2) is 74.8 Å². The molecule has 2 N–H and O–H groups in total. The normalized spacial score (nSPS) is 16.7. The third-order valence-corrected chi connectivity index (χ3v) is 9.21. The summed E-state index contributed by atoms with van der Waals surface area (Å²) in [6, 6.07) is 15.1. The van der Waals surface area contributed by atoms with Crippen LogP contribution in [0.3, 0.4) is 0 Å². The number of nitrogens with one attached hydrogen (secondary N) is 2. The number of amides is 1. The van der Waals surface area contributed by atoms with Gasteiger partial charge in [0.2, 0.25) is 21.8 Å². The fourth-order valence-corrected chi connectivity index (χ4v) is 6.90. The molecule has 0 aliphatic carbocycles. The van der Waals surface area contributed by atoms with E-state index in [1.54, 1.807) is 24.2 Å². The molecule has 12 heteroatoms. The number of fused-ring (bicyclic) bond motifs is 4. The fraction of sp³-hybridized carbons (Fsp3) is 0.364. The lowest BCUT2D eigenvalue weighted by Crippen LogP contribution is -2.63. The van der Waals surface area contributed by atoms with E-state index in [4.69, 9.17) is 4.74 Å². The van der Waals surface area contributed by atoms with Crippen LogP contribution in [0.4, 0.5) is 15.8 Å². The predicted octanol–water partition coefficient (Wildman–Crippen LogP) is 4.48. The molecule has 1 amide bonds. The van der Waals surface area contributed by atoms with Gasteiger partial charge in [-0.2, -0.15) is 0 Å². The van der Waals surface area contributed by atoms with Crippen molar-refractivity contribution in [3.8, 4) is 17.0 Å². The lowest BCUT2D eigenvalue weighted by Gasteiger charge is -2.50. The van der Waals surface area contributed by atoms with Gasteiger partial charge in [-0.25, -0.2) is 17.8 Å². The van der Waals surface area contributed by atoms with Crippen molar-refractivity contribution in [2.24, 2.45) is 0 Å². The van der Waals surface area contributed by atoms with E-state index in [1.807, 2.05) is 32.0 Å². The maximum atomic E-state index is 15.7. The van der Waals surface area contributed by atoms with Crippen molar-refractivity contribution in [3.63, 3.8) is 0 Å². The molecule has 1 spiro atoms. The number of sulfonamides is 1. The first kappa shape index (κ1) is 30.9. The third kappa shape index (κ3) is 5.73. The van der Waals surface area contributed by atoms with E-state index in [1.165, 1.54) is 23.9 Å². The first-order valence-electron chi connectivity index (χ1n) is 14.9. The van der Waals surface area contributed by atoms with Crippen LogP contribution in [0.5, 0.6) is 5.88 Å². The maximum Gasteiger partial charge on any atom is 0.240 e. The number of aromatic nitrogens is 2. The largest absolute Gasteiger partial charge is 0.475 e. The fourth-order valence-electron chi connectivity index (χ4n) is 6.36. The highest BCUT2D eigenvalue weighted by molar-refractivity contribution is 7.92. The van der Waals surface area contributed by atoms with Crippen LogP contribution in [0, 0.1) is 5.82 Å². The number of likely N-dealkylation sites (tertiary alicyclic amines) is 1. The van der Waals surface area contributed by atoms with E-state index in [0.29, 0.717) is 41.8 Å². The molecule has 10 nitrogen and oxygen atoms in total. The molecule has 4 heterocycles. The molecule has 2 aromatic carbocycles. The van der Waals surface area contributed by atoms with Crippen molar-refractivity contribution in [1.82, 2.24) is 20.2 Å². The average molecular weight is 633 g/mol. The Balaban J connectivity index is 1.39. The van der Waals surface area contributed by atoms with Gasteiger partial charge in [-0.1, -0.05) is 44.2 Å². The summed E-state index contributed by atoms with van der Waals surface area (Å²) in [6.07, 6.45) is 4.13. The summed E-state index contributed by atoms with van der Waals surface area (Å²) in [7, 11) is -1.94. The average Bonchev–Trinajstić information content (AvgIpc) is 3.20. The summed E-state index contributed by atoms with van der Waals surface area (Å²) in [6.45, 7) is 7.98. The molecule has 4 aromatic rings. The van der Waals surface area contributed by atoms with Crippen LogP contribution in [0.15, 0.2) is 60.9 Å². The van der Waals surface area contributed by atoms with Crippen LogP contribution in [0.1, 0.15) is 37.9 Å². The van der Waals surface area contributed by atoms with Crippen molar-refractivity contribution >= 4 is 38.2 Å². The molecule has 1 saturated heterocycles. The van der Waals surface area contributed by atoms with Gasteiger partial charge in [-0.3, -0.25) is 19.4 Å². The zero-order valence-electron chi connectivity index (χ0n) is 26.0. The molecule has 0 bridgehead atoms. The molecule has 2 aliphatic rings. The lowest BCUT2D eigenvalue weighted by molar-refractivity contribution is -0.130. The number of pyridine rings is 2. The number of nitrogens with zero attached hydrogens (tertiary/aromatic N) is 4. The summed E-state index contributed by atoms with van der Waals surface area (Å²) in [5.41, 5.74) is 3.02. The number of ether oxygens (including phenoxy) is 1. The Morgan fingerprint density at radius 1 is 1.07 bits per heavy atom. The van der Waals surface area contributed by atoms with Crippen molar-refractivity contribution in [1.29, 1.82) is 0 Å². The SMILES string of the molecule is CC(C)NCCOc1ncc(-c2cc3c4c(cnc3cc2F)N(C)C(=O)C42CN(C(C)c3ccccc3)C2)cc1NS(C)(=O)=O. The summed E-state index contributed by atoms with van der Waals surface area (Å²) < 4.78 is 48.3. The van der Waals surface area contributed by atoms with Crippen LogP contribution < -0.4 is 19.7 Å². The smallest absolute Gasteiger partial charge is 0.240 e. The molecule has 2 aromatic heterocycles. The van der Waals surface area contributed by atoms with Gasteiger partial charge in [0, 0.05) is 73.1 Å². The van der Waals surface area contributed by atoms with E-state index in [2.05, 4.69) is 44.0 Å². The molecule has 6 rings (SSSR count). The zero-order valence-corrected chi connectivity index (χ0v) is 26.8. The van der Waals surface area contributed by atoms with E-state index >= 15 is 4.39 Å². The second-order valence-corrected chi connectivity index (χ2v) is 14.0. The van der Waals surface area contributed by atoms with E-state index in [0.717, 1.165) is 11.8 Å². The van der Waals surface area contributed by atoms with Crippen molar-refractivity contribution < 1.29 is 22.3 Å². The number of hydrogen-bond acceptors (Lipinski definition) is 8. The minimum Gasteiger partial charge on any atom is -0.475 e. The Labute approximate surface area is 262 Å². The molecule has 236 valence electrons. The van der Waals surface area contributed by atoms with Gasteiger partial charge in [0.05, 0.1) is 23.7 Å². The lowest BCUT2D eigenvalue weighted by atomic mass is 9.72. The minimum atomic E-state index is -3.69. The molecule has 1 atom stereocenters. The van der Waals surface area contributed by atoms with E-state index in [9.17, 15) is 13.2 Å². The third-order valence-electron chi connectivity index (χ3n) is 8.62. The van der Waals surface area contributed by atoms with Crippen molar-refractivity contribution in [2.75, 3.05) is 49.2 Å². The van der Waals surface area contributed by atoms with Crippen LogP contribution in [0.2, 0.25) is 0 Å². The van der Waals surface area contributed by atoms with Crippen LogP contribution in [0.25, 0.3) is 22.0 Å². The predicted molar refractivity (Wildman–Crippen MR) is 174 cm³/mol. The summed E-state index contributed by atoms with van der Waals surface area (Å²) in [4.78, 5) is 26.6. The monoisotopic (exact) mass is 632 g/mol. The molecule has 1 unspecified atom stereocenters. The van der Waals surface area contributed by atoms with Gasteiger partial charge < -0.3 is 15.0 Å². The molecule has 45 heavy (non-hydrogen) atoms.